The van der Waals surface area contributed by atoms with E-state index in [9.17, 15) is 9.90 Å². The van der Waals surface area contributed by atoms with Crippen LogP contribution in [0.15, 0.2) is 54.7 Å². The van der Waals surface area contributed by atoms with Crippen molar-refractivity contribution < 1.29 is 9.90 Å². The van der Waals surface area contributed by atoms with E-state index in [1.807, 2.05) is 43.3 Å². The first-order valence-electron chi connectivity index (χ1n) is 6.34. The Morgan fingerprint density at radius 2 is 1.90 bits per heavy atom. The first-order valence-corrected chi connectivity index (χ1v) is 6.34. The zero-order chi connectivity index (χ0) is 14.1. The third-order valence-corrected chi connectivity index (χ3v) is 3.27. The lowest BCUT2D eigenvalue weighted by atomic mass is 9.98. The molecule has 0 aliphatic heterocycles. The number of aryl methyl sites for hydroxylation is 1. The number of aromatic carboxylic acids is 1. The predicted molar refractivity (Wildman–Crippen MR) is 78.9 cm³/mol. The minimum atomic E-state index is -0.914. The van der Waals surface area contributed by atoms with Crippen molar-refractivity contribution in [3.05, 3.63) is 65.9 Å². The Labute approximate surface area is 116 Å². The number of carbonyl (C=O) groups is 1. The van der Waals surface area contributed by atoms with E-state index in [1.165, 1.54) is 0 Å². The summed E-state index contributed by atoms with van der Waals surface area (Å²) in [5, 5.41) is 10.2. The predicted octanol–water partition coefficient (Wildman–Crippen LogP) is 3.91. The Bertz CT molecular complexity index is 804. The van der Waals surface area contributed by atoms with E-state index >= 15 is 0 Å². The average molecular weight is 263 g/mol. The molecule has 0 spiro atoms. The number of fused-ring (bicyclic) bond motifs is 1. The molecule has 20 heavy (non-hydrogen) atoms. The highest BCUT2D eigenvalue weighted by atomic mass is 16.4. The van der Waals surface area contributed by atoms with Crippen molar-refractivity contribution in [1.29, 1.82) is 0 Å². The Morgan fingerprint density at radius 1 is 1.10 bits per heavy atom. The van der Waals surface area contributed by atoms with E-state index in [2.05, 4.69) is 4.98 Å². The summed E-state index contributed by atoms with van der Waals surface area (Å²) in [4.78, 5) is 15.6. The van der Waals surface area contributed by atoms with Crippen LogP contribution in [0.25, 0.3) is 22.0 Å². The molecule has 2 aromatic carbocycles. The molecule has 0 amide bonds. The summed E-state index contributed by atoms with van der Waals surface area (Å²) in [6.07, 6.45) is 1.75. The molecule has 0 bridgehead atoms. The van der Waals surface area contributed by atoms with Gasteiger partial charge in [-0.3, -0.25) is 4.98 Å². The maximum Gasteiger partial charge on any atom is 0.335 e. The lowest BCUT2D eigenvalue weighted by Gasteiger charge is -2.08. The molecule has 3 heteroatoms. The molecular formula is C17H13NO2. The number of aromatic nitrogens is 1. The standard InChI is InChI=1S/C17H13NO2/c1-11-8-13(10-14(9-11)17(19)20)15-6-2-4-12-5-3-7-18-16(12)15/h2-10H,1H3,(H,19,20). The molecular weight excluding hydrogens is 250 g/mol. The van der Waals surface area contributed by atoms with E-state index in [1.54, 1.807) is 18.3 Å². The van der Waals surface area contributed by atoms with Gasteiger partial charge in [0.1, 0.15) is 0 Å². The molecule has 0 saturated carbocycles. The lowest BCUT2D eigenvalue weighted by Crippen LogP contribution is -1.97. The minimum absolute atomic E-state index is 0.299. The Hall–Kier alpha value is -2.68. The molecule has 1 heterocycles. The summed E-state index contributed by atoms with van der Waals surface area (Å²) in [6, 6.07) is 15.2. The monoisotopic (exact) mass is 263 g/mol. The van der Waals surface area contributed by atoms with E-state index in [4.69, 9.17) is 0 Å². The zero-order valence-corrected chi connectivity index (χ0v) is 11.0. The van der Waals surface area contributed by atoms with Gasteiger partial charge in [-0.15, -0.1) is 0 Å². The molecule has 0 fully saturated rings. The summed E-state index contributed by atoms with van der Waals surface area (Å²) in [5.74, 6) is -0.914. The van der Waals surface area contributed by atoms with Gasteiger partial charge >= 0.3 is 5.97 Å². The first kappa shape index (κ1) is 12.4. The van der Waals surface area contributed by atoms with Crippen LogP contribution in [0.5, 0.6) is 0 Å². The van der Waals surface area contributed by atoms with Gasteiger partial charge in [0.15, 0.2) is 0 Å². The van der Waals surface area contributed by atoms with E-state index in [0.29, 0.717) is 5.56 Å². The molecule has 3 rings (SSSR count). The number of carboxylic acid groups (broad SMARTS) is 1. The number of pyridine rings is 1. The minimum Gasteiger partial charge on any atom is -0.478 e. The fourth-order valence-corrected chi connectivity index (χ4v) is 2.40. The maximum absolute atomic E-state index is 11.2. The number of hydrogen-bond acceptors (Lipinski definition) is 2. The van der Waals surface area contributed by atoms with Gasteiger partial charge in [-0.1, -0.05) is 30.3 Å². The largest absolute Gasteiger partial charge is 0.478 e. The van der Waals surface area contributed by atoms with Crippen molar-refractivity contribution in [1.82, 2.24) is 4.98 Å². The summed E-state index contributed by atoms with van der Waals surface area (Å²) >= 11 is 0. The van der Waals surface area contributed by atoms with Crippen molar-refractivity contribution in [2.24, 2.45) is 0 Å². The van der Waals surface area contributed by atoms with Gasteiger partial charge in [-0.25, -0.2) is 4.79 Å². The van der Waals surface area contributed by atoms with Crippen LogP contribution in [0.3, 0.4) is 0 Å². The van der Waals surface area contributed by atoms with Crippen LogP contribution in [0, 0.1) is 6.92 Å². The molecule has 0 unspecified atom stereocenters. The number of benzene rings is 2. The van der Waals surface area contributed by atoms with Crippen LogP contribution >= 0.6 is 0 Å². The zero-order valence-electron chi connectivity index (χ0n) is 11.0. The third kappa shape index (κ3) is 2.14. The molecule has 0 saturated heterocycles. The molecule has 3 nitrogen and oxygen atoms in total. The quantitative estimate of drug-likeness (QED) is 0.762. The number of hydrogen-bond donors (Lipinski definition) is 1. The van der Waals surface area contributed by atoms with Crippen molar-refractivity contribution in [2.75, 3.05) is 0 Å². The van der Waals surface area contributed by atoms with Gasteiger partial charge in [0.25, 0.3) is 0 Å². The Balaban J connectivity index is 2.28. The third-order valence-electron chi connectivity index (χ3n) is 3.27. The van der Waals surface area contributed by atoms with Crippen molar-refractivity contribution in [3.8, 4) is 11.1 Å². The normalized spacial score (nSPS) is 10.7. The number of carboxylic acids is 1. The lowest BCUT2D eigenvalue weighted by molar-refractivity contribution is 0.0697. The number of para-hydroxylation sites is 1. The molecule has 1 N–H and O–H groups in total. The van der Waals surface area contributed by atoms with Gasteiger partial charge in [0, 0.05) is 17.1 Å². The van der Waals surface area contributed by atoms with E-state index in [-0.39, 0.29) is 0 Å². The molecule has 1 aromatic heterocycles. The second-order valence-corrected chi connectivity index (χ2v) is 4.77. The molecule has 0 atom stereocenters. The summed E-state index contributed by atoms with van der Waals surface area (Å²) in [7, 11) is 0. The van der Waals surface area contributed by atoms with E-state index in [0.717, 1.165) is 27.6 Å². The smallest absolute Gasteiger partial charge is 0.335 e. The molecule has 0 aliphatic carbocycles. The van der Waals surface area contributed by atoms with Crippen LogP contribution in [-0.4, -0.2) is 16.1 Å². The number of nitrogens with zero attached hydrogens (tertiary/aromatic N) is 1. The molecule has 98 valence electrons. The molecule has 0 aliphatic rings. The summed E-state index contributed by atoms with van der Waals surface area (Å²) in [6.45, 7) is 1.90. The fourth-order valence-electron chi connectivity index (χ4n) is 2.40. The summed E-state index contributed by atoms with van der Waals surface area (Å²) in [5.41, 5.74) is 3.94. The van der Waals surface area contributed by atoms with Gasteiger partial charge in [-0.2, -0.15) is 0 Å². The topological polar surface area (TPSA) is 50.2 Å². The van der Waals surface area contributed by atoms with Crippen molar-refractivity contribution >= 4 is 16.9 Å². The van der Waals surface area contributed by atoms with Crippen molar-refractivity contribution in [2.45, 2.75) is 6.92 Å². The Kier molecular flexibility index (Phi) is 2.95. The summed E-state index contributed by atoms with van der Waals surface area (Å²) < 4.78 is 0. The van der Waals surface area contributed by atoms with Crippen LogP contribution in [0.1, 0.15) is 15.9 Å². The van der Waals surface area contributed by atoms with Gasteiger partial charge in [0.2, 0.25) is 0 Å². The average Bonchev–Trinajstić information content (AvgIpc) is 2.46. The highest BCUT2D eigenvalue weighted by molar-refractivity contribution is 5.96. The van der Waals surface area contributed by atoms with Crippen LogP contribution in [0.4, 0.5) is 0 Å². The highest BCUT2D eigenvalue weighted by Gasteiger charge is 2.09. The SMILES string of the molecule is Cc1cc(C(=O)O)cc(-c2cccc3cccnc23)c1. The number of rotatable bonds is 2. The second-order valence-electron chi connectivity index (χ2n) is 4.77. The fraction of sp³-hybridized carbons (Fsp3) is 0.0588. The van der Waals surface area contributed by atoms with Crippen molar-refractivity contribution in [3.63, 3.8) is 0 Å². The molecule has 3 aromatic rings. The van der Waals surface area contributed by atoms with Gasteiger partial charge < -0.3 is 5.11 Å². The van der Waals surface area contributed by atoms with Gasteiger partial charge in [-0.05, 0) is 36.2 Å². The maximum atomic E-state index is 11.2. The highest BCUT2D eigenvalue weighted by Crippen LogP contribution is 2.28. The Morgan fingerprint density at radius 3 is 2.70 bits per heavy atom. The van der Waals surface area contributed by atoms with Gasteiger partial charge in [0.05, 0.1) is 11.1 Å². The first-order chi connectivity index (χ1) is 9.65. The van der Waals surface area contributed by atoms with Crippen LogP contribution < -0.4 is 0 Å². The van der Waals surface area contributed by atoms with Crippen LogP contribution in [0.2, 0.25) is 0 Å². The molecule has 0 radical (unpaired) electrons. The van der Waals surface area contributed by atoms with Crippen LogP contribution in [-0.2, 0) is 0 Å². The van der Waals surface area contributed by atoms with E-state index < -0.39 is 5.97 Å². The second kappa shape index (κ2) is 4.78.